The van der Waals surface area contributed by atoms with Gasteiger partial charge in [0.1, 0.15) is 0 Å². The number of allylic oxidation sites excluding steroid dienone is 2. The van der Waals surface area contributed by atoms with Crippen LogP contribution < -0.4 is 0 Å². The SMILES string of the molecule is CCCCCC1=C(c2ccc(CCCC)cc2)[N+](=[N-])C(c2ccc(CCCC)cc2)=C1CCCCC.C[CH2][Pd][CH2]C. The Morgan fingerprint density at radius 2 is 0.854 bits per heavy atom. The molecule has 3 rings (SSSR count). The van der Waals surface area contributed by atoms with E-state index in [4.69, 9.17) is 0 Å². The molecule has 41 heavy (non-hydrogen) atoms. The molecule has 2 aromatic rings. The zero-order chi connectivity index (χ0) is 29.9. The number of rotatable bonds is 18. The summed E-state index contributed by atoms with van der Waals surface area (Å²) < 4.78 is 1.53. The quantitative estimate of drug-likeness (QED) is 0.0873. The molecule has 0 fully saturated rings. The second-order valence-corrected chi connectivity index (χ2v) is 14.1. The summed E-state index contributed by atoms with van der Waals surface area (Å²) in [7, 11) is 0. The first-order chi connectivity index (χ1) is 20.1. The third-order valence-electron chi connectivity index (χ3n) is 7.83. The van der Waals surface area contributed by atoms with Crippen LogP contribution in [0.5, 0.6) is 0 Å². The average molecular weight is 649 g/mol. The Morgan fingerprint density at radius 1 is 0.488 bits per heavy atom. The van der Waals surface area contributed by atoms with Crippen LogP contribution in [0.4, 0.5) is 0 Å². The third kappa shape index (κ3) is 11.4. The molecule has 0 bridgehead atoms. The fraction of sp³-hybridized carbons (Fsp3) is 0.579. The molecule has 1 heterocycles. The van der Waals surface area contributed by atoms with Crippen molar-refractivity contribution in [2.75, 3.05) is 0 Å². The first kappa shape index (κ1) is 35.4. The molecular formula is C38H58N2Pd. The summed E-state index contributed by atoms with van der Waals surface area (Å²) in [5.41, 5.74) is 21.5. The molecule has 0 N–H and O–H groups in total. The topological polar surface area (TPSA) is 25.3 Å². The zero-order valence-corrected chi connectivity index (χ0v) is 28.7. The van der Waals surface area contributed by atoms with Gasteiger partial charge in [0.25, 0.3) is 0 Å². The fourth-order valence-corrected chi connectivity index (χ4v) is 6.24. The number of aryl methyl sites for hydroxylation is 2. The van der Waals surface area contributed by atoms with Crippen molar-refractivity contribution in [3.8, 4) is 0 Å². The third-order valence-corrected chi connectivity index (χ3v) is 9.38. The Hall–Kier alpha value is -1.82. The van der Waals surface area contributed by atoms with Crippen molar-refractivity contribution >= 4 is 11.4 Å². The van der Waals surface area contributed by atoms with Crippen molar-refractivity contribution in [1.29, 1.82) is 0 Å². The van der Waals surface area contributed by atoms with Crippen molar-refractivity contribution in [3.05, 3.63) is 87.5 Å². The second kappa shape index (κ2) is 21.0. The standard InChI is InChI=1S/C34H48N2.2C2H5.Pd/c1-5-9-13-17-31-32(18-14-10-6-2)34(30-25-21-28(22-26-30)16-12-8-4)36(35)33(31)29-23-19-27(20-24-29)15-11-7-3;2*1-2;/h19-26H,5-18H2,1-4H3;2*1H2,2H3;. The predicted molar refractivity (Wildman–Crippen MR) is 177 cm³/mol. The van der Waals surface area contributed by atoms with Crippen molar-refractivity contribution in [3.63, 3.8) is 0 Å². The van der Waals surface area contributed by atoms with Crippen LogP contribution in [0, 0.1) is 0 Å². The van der Waals surface area contributed by atoms with Crippen LogP contribution >= 0.6 is 0 Å². The molecule has 0 unspecified atom stereocenters. The van der Waals surface area contributed by atoms with Crippen molar-refractivity contribution < 1.29 is 22.7 Å². The molecule has 1 aliphatic heterocycles. The van der Waals surface area contributed by atoms with Gasteiger partial charge < -0.3 is 5.53 Å². The van der Waals surface area contributed by atoms with Gasteiger partial charge in [-0.05, 0) is 86.8 Å². The number of unbranched alkanes of at least 4 members (excludes halogenated alkanes) is 6. The van der Waals surface area contributed by atoms with Gasteiger partial charge in [-0.25, -0.2) is 4.70 Å². The zero-order valence-electron chi connectivity index (χ0n) is 27.1. The van der Waals surface area contributed by atoms with E-state index in [0.29, 0.717) is 0 Å². The first-order valence-electron chi connectivity index (χ1n) is 16.6. The second-order valence-electron chi connectivity index (χ2n) is 11.1. The predicted octanol–water partition coefficient (Wildman–Crippen LogP) is 12.6. The van der Waals surface area contributed by atoms with Gasteiger partial charge >= 0.3 is 41.6 Å². The number of nitrogens with zero attached hydrogens (tertiary/aromatic N) is 2. The molecule has 0 atom stereocenters. The summed E-state index contributed by atoms with van der Waals surface area (Å²) in [5.74, 6) is 0. The van der Waals surface area contributed by atoms with E-state index in [1.54, 1.807) is 0 Å². The van der Waals surface area contributed by atoms with Gasteiger partial charge in [0.2, 0.25) is 11.4 Å². The van der Waals surface area contributed by atoms with Gasteiger partial charge in [-0.15, -0.1) is 0 Å². The summed E-state index contributed by atoms with van der Waals surface area (Å²) in [6.07, 6.45) is 16.4. The minimum atomic E-state index is 1.00. The van der Waals surface area contributed by atoms with Crippen LogP contribution in [0.3, 0.4) is 0 Å². The summed E-state index contributed by atoms with van der Waals surface area (Å²) in [6, 6.07) is 17.9. The molecule has 230 valence electrons. The average Bonchev–Trinajstić information content (AvgIpc) is 3.27. The van der Waals surface area contributed by atoms with E-state index in [2.05, 4.69) is 90.1 Å². The molecule has 0 saturated carbocycles. The number of benzene rings is 2. The number of hydrogen-bond donors (Lipinski definition) is 0. The molecule has 0 aliphatic carbocycles. The van der Waals surface area contributed by atoms with Crippen molar-refractivity contribution in [1.82, 2.24) is 0 Å². The summed E-state index contributed by atoms with van der Waals surface area (Å²) in [5, 5.41) is 0. The van der Waals surface area contributed by atoms with E-state index in [-0.39, 0.29) is 0 Å². The van der Waals surface area contributed by atoms with Crippen LogP contribution in [-0.2, 0) is 30.8 Å². The van der Waals surface area contributed by atoms with Gasteiger partial charge in [-0.3, -0.25) is 0 Å². The molecule has 0 spiro atoms. The van der Waals surface area contributed by atoms with E-state index in [9.17, 15) is 5.53 Å². The minimum absolute atomic E-state index is 1.00. The molecular weight excluding hydrogens is 591 g/mol. The Kier molecular flexibility index (Phi) is 18.1. The molecule has 3 heteroatoms. The monoisotopic (exact) mass is 648 g/mol. The van der Waals surface area contributed by atoms with Crippen LogP contribution in [0.2, 0.25) is 9.79 Å². The van der Waals surface area contributed by atoms with Crippen LogP contribution in [0.25, 0.3) is 16.9 Å². The van der Waals surface area contributed by atoms with E-state index in [1.807, 2.05) is 0 Å². The normalized spacial score (nSPS) is 13.3. The van der Waals surface area contributed by atoms with E-state index in [0.717, 1.165) is 79.0 Å². The van der Waals surface area contributed by atoms with E-state index >= 15 is 0 Å². The van der Waals surface area contributed by atoms with Gasteiger partial charge in [-0.2, -0.15) is 0 Å². The van der Waals surface area contributed by atoms with E-state index in [1.165, 1.54) is 88.1 Å². The maximum atomic E-state index is 11.7. The Bertz CT molecular complexity index is 991. The maximum absolute atomic E-state index is 11.7. The van der Waals surface area contributed by atoms with Gasteiger partial charge in [0.15, 0.2) is 0 Å². The summed E-state index contributed by atoms with van der Waals surface area (Å²) >= 11 is 1.04. The Labute approximate surface area is 261 Å². The van der Waals surface area contributed by atoms with Crippen LogP contribution in [0.1, 0.15) is 141 Å². The molecule has 1 aliphatic rings. The summed E-state index contributed by atoms with van der Waals surface area (Å²) in [6.45, 7) is 13.5. The molecule has 0 aromatic heterocycles. The molecule has 0 saturated heterocycles. The molecule has 2 nitrogen and oxygen atoms in total. The van der Waals surface area contributed by atoms with E-state index < -0.39 is 0 Å². The molecule has 0 amide bonds. The molecule has 0 radical (unpaired) electrons. The van der Waals surface area contributed by atoms with Gasteiger partial charge in [0, 0.05) is 22.3 Å². The van der Waals surface area contributed by atoms with Gasteiger partial charge in [0.05, 0.1) is 0 Å². The molecule has 2 aromatic carbocycles. The Morgan fingerprint density at radius 3 is 1.15 bits per heavy atom. The van der Waals surface area contributed by atoms with Crippen molar-refractivity contribution in [2.24, 2.45) is 0 Å². The van der Waals surface area contributed by atoms with Crippen LogP contribution in [0.15, 0.2) is 59.7 Å². The first-order valence-corrected chi connectivity index (χ1v) is 18.8. The van der Waals surface area contributed by atoms with Gasteiger partial charge in [-0.1, -0.05) is 90.5 Å². The van der Waals surface area contributed by atoms with Crippen molar-refractivity contribution in [2.45, 2.75) is 141 Å². The summed E-state index contributed by atoms with van der Waals surface area (Å²) in [4.78, 5) is 2.79. The Balaban J connectivity index is 0.00000108. The fourth-order valence-electron chi connectivity index (χ4n) is 5.47. The number of hydrogen-bond acceptors (Lipinski definition) is 0. The van der Waals surface area contributed by atoms with Crippen LogP contribution in [-0.4, -0.2) is 4.70 Å².